The number of hydrogen-bond acceptors (Lipinski definition) is 1. The number of amides is 1. The molecule has 0 saturated carbocycles. The van der Waals surface area contributed by atoms with Gasteiger partial charge in [-0.25, -0.2) is 4.79 Å². The fourth-order valence-corrected chi connectivity index (χ4v) is 1.76. The Bertz CT molecular complexity index is 361. The third-order valence-corrected chi connectivity index (χ3v) is 2.53. The van der Waals surface area contributed by atoms with Gasteiger partial charge in [-0.1, -0.05) is 39.0 Å². The minimum absolute atomic E-state index is 0.329. The van der Waals surface area contributed by atoms with Gasteiger partial charge in [-0.2, -0.15) is 0 Å². The minimum atomic E-state index is -0.880. The molecule has 0 bridgehead atoms. The van der Waals surface area contributed by atoms with Crippen LogP contribution in [0.2, 0.25) is 0 Å². The summed E-state index contributed by atoms with van der Waals surface area (Å²) in [4.78, 5) is 12.6. The Balaban J connectivity index is 3.12. The van der Waals surface area contributed by atoms with E-state index >= 15 is 0 Å². The van der Waals surface area contributed by atoms with Crippen LogP contribution in [0.1, 0.15) is 38.7 Å². The predicted molar refractivity (Wildman–Crippen MR) is 66.2 cm³/mol. The van der Waals surface area contributed by atoms with Crippen molar-refractivity contribution < 1.29 is 9.90 Å². The summed E-state index contributed by atoms with van der Waals surface area (Å²) in [5, 5.41) is 9.19. The largest absolute Gasteiger partial charge is 0.465 e. The SMILES string of the molecule is CCCN(C(=O)O)c1ccccc1C(C)C. The second-order valence-corrected chi connectivity index (χ2v) is 4.15. The lowest BCUT2D eigenvalue weighted by Gasteiger charge is -2.23. The Morgan fingerprint density at radius 1 is 1.38 bits per heavy atom. The van der Waals surface area contributed by atoms with Gasteiger partial charge in [-0.05, 0) is 24.0 Å². The summed E-state index contributed by atoms with van der Waals surface area (Å²) in [6, 6.07) is 7.70. The molecule has 88 valence electrons. The summed E-state index contributed by atoms with van der Waals surface area (Å²) in [7, 11) is 0. The summed E-state index contributed by atoms with van der Waals surface area (Å²) in [5.41, 5.74) is 1.89. The topological polar surface area (TPSA) is 40.5 Å². The van der Waals surface area contributed by atoms with E-state index in [2.05, 4.69) is 13.8 Å². The quantitative estimate of drug-likeness (QED) is 0.842. The van der Waals surface area contributed by atoms with E-state index in [1.54, 1.807) is 0 Å². The highest BCUT2D eigenvalue weighted by Gasteiger charge is 2.17. The van der Waals surface area contributed by atoms with Crippen LogP contribution in [0.3, 0.4) is 0 Å². The number of nitrogens with zero attached hydrogens (tertiary/aromatic N) is 1. The number of hydrogen-bond donors (Lipinski definition) is 1. The van der Waals surface area contributed by atoms with Gasteiger partial charge in [0.25, 0.3) is 0 Å². The van der Waals surface area contributed by atoms with Crippen molar-refractivity contribution >= 4 is 11.8 Å². The molecule has 1 aromatic rings. The zero-order chi connectivity index (χ0) is 12.1. The first-order chi connectivity index (χ1) is 7.57. The number of rotatable bonds is 4. The number of para-hydroxylation sites is 1. The zero-order valence-electron chi connectivity index (χ0n) is 10.1. The van der Waals surface area contributed by atoms with Gasteiger partial charge in [0.1, 0.15) is 0 Å². The first-order valence-corrected chi connectivity index (χ1v) is 5.67. The van der Waals surface area contributed by atoms with Crippen molar-refractivity contribution in [2.24, 2.45) is 0 Å². The molecule has 0 saturated heterocycles. The highest BCUT2D eigenvalue weighted by Crippen LogP contribution is 2.27. The molecular weight excluding hydrogens is 202 g/mol. The Hall–Kier alpha value is -1.51. The molecule has 1 amide bonds. The second kappa shape index (κ2) is 5.54. The van der Waals surface area contributed by atoms with E-state index in [1.165, 1.54) is 4.90 Å². The average Bonchev–Trinajstić information content (AvgIpc) is 2.25. The molecule has 1 aromatic carbocycles. The highest BCUT2D eigenvalue weighted by atomic mass is 16.4. The van der Waals surface area contributed by atoms with E-state index in [-0.39, 0.29) is 0 Å². The first-order valence-electron chi connectivity index (χ1n) is 5.67. The number of benzene rings is 1. The maximum atomic E-state index is 11.2. The van der Waals surface area contributed by atoms with Crippen molar-refractivity contribution in [3.05, 3.63) is 29.8 Å². The molecule has 0 aromatic heterocycles. The van der Waals surface area contributed by atoms with Crippen LogP contribution in [0.25, 0.3) is 0 Å². The van der Waals surface area contributed by atoms with Crippen LogP contribution in [0.15, 0.2) is 24.3 Å². The summed E-state index contributed by atoms with van der Waals surface area (Å²) in [5.74, 6) is 0.329. The van der Waals surface area contributed by atoms with Crippen LogP contribution in [0.5, 0.6) is 0 Å². The molecule has 0 radical (unpaired) electrons. The monoisotopic (exact) mass is 221 g/mol. The minimum Gasteiger partial charge on any atom is -0.465 e. The first kappa shape index (κ1) is 12.6. The van der Waals surface area contributed by atoms with E-state index in [1.807, 2.05) is 31.2 Å². The number of anilines is 1. The van der Waals surface area contributed by atoms with Gasteiger partial charge in [-0.3, -0.25) is 4.90 Å². The van der Waals surface area contributed by atoms with E-state index in [4.69, 9.17) is 0 Å². The lowest BCUT2D eigenvalue weighted by atomic mass is 10.0. The molecule has 0 aliphatic rings. The Kier molecular flexibility index (Phi) is 4.35. The summed E-state index contributed by atoms with van der Waals surface area (Å²) in [6.07, 6.45) is -0.0615. The molecule has 0 unspecified atom stereocenters. The average molecular weight is 221 g/mol. The maximum absolute atomic E-state index is 11.2. The van der Waals surface area contributed by atoms with E-state index in [0.29, 0.717) is 12.5 Å². The van der Waals surface area contributed by atoms with Crippen LogP contribution in [-0.2, 0) is 0 Å². The predicted octanol–water partition coefficient (Wildman–Crippen LogP) is 3.70. The molecule has 0 fully saturated rings. The van der Waals surface area contributed by atoms with E-state index in [9.17, 15) is 9.90 Å². The molecule has 0 aliphatic heterocycles. The van der Waals surface area contributed by atoms with Crippen molar-refractivity contribution in [3.63, 3.8) is 0 Å². The van der Waals surface area contributed by atoms with Gasteiger partial charge >= 0.3 is 6.09 Å². The van der Waals surface area contributed by atoms with Gasteiger partial charge in [0.15, 0.2) is 0 Å². The van der Waals surface area contributed by atoms with Crippen molar-refractivity contribution in [1.29, 1.82) is 0 Å². The highest BCUT2D eigenvalue weighted by molar-refractivity contribution is 5.87. The van der Waals surface area contributed by atoms with Gasteiger partial charge in [0.05, 0.1) is 5.69 Å². The molecule has 0 spiro atoms. The standard InChI is InChI=1S/C13H19NO2/c1-4-9-14(13(15)16)12-8-6-5-7-11(12)10(2)3/h5-8,10H,4,9H2,1-3H3,(H,15,16). The molecule has 0 heterocycles. The van der Waals surface area contributed by atoms with Gasteiger partial charge in [0.2, 0.25) is 0 Å². The molecular formula is C13H19NO2. The number of carboxylic acid groups (broad SMARTS) is 1. The fourth-order valence-electron chi connectivity index (χ4n) is 1.76. The van der Waals surface area contributed by atoms with Crippen LogP contribution in [-0.4, -0.2) is 17.7 Å². The van der Waals surface area contributed by atoms with Crippen LogP contribution in [0.4, 0.5) is 10.5 Å². The normalized spacial score (nSPS) is 10.5. The van der Waals surface area contributed by atoms with Crippen LogP contribution in [0, 0.1) is 0 Å². The third-order valence-electron chi connectivity index (χ3n) is 2.53. The molecule has 16 heavy (non-hydrogen) atoms. The fraction of sp³-hybridized carbons (Fsp3) is 0.462. The van der Waals surface area contributed by atoms with Crippen molar-refractivity contribution in [2.75, 3.05) is 11.4 Å². The molecule has 1 rings (SSSR count). The van der Waals surface area contributed by atoms with Crippen LogP contribution >= 0.6 is 0 Å². The summed E-state index contributed by atoms with van der Waals surface area (Å²) < 4.78 is 0. The zero-order valence-corrected chi connectivity index (χ0v) is 10.1. The molecule has 0 atom stereocenters. The third kappa shape index (κ3) is 2.75. The van der Waals surface area contributed by atoms with E-state index < -0.39 is 6.09 Å². The Morgan fingerprint density at radius 2 is 2.00 bits per heavy atom. The van der Waals surface area contributed by atoms with Gasteiger partial charge in [-0.15, -0.1) is 0 Å². The molecule has 3 nitrogen and oxygen atoms in total. The van der Waals surface area contributed by atoms with Crippen molar-refractivity contribution in [3.8, 4) is 0 Å². The Morgan fingerprint density at radius 3 is 2.50 bits per heavy atom. The summed E-state index contributed by atoms with van der Waals surface area (Å²) >= 11 is 0. The Labute approximate surface area is 96.7 Å². The lowest BCUT2D eigenvalue weighted by Crippen LogP contribution is -2.30. The van der Waals surface area contributed by atoms with Crippen molar-refractivity contribution in [2.45, 2.75) is 33.1 Å². The molecule has 3 heteroatoms. The van der Waals surface area contributed by atoms with Crippen molar-refractivity contribution in [1.82, 2.24) is 0 Å². The lowest BCUT2D eigenvalue weighted by molar-refractivity contribution is 0.201. The number of carbonyl (C=O) groups is 1. The second-order valence-electron chi connectivity index (χ2n) is 4.15. The summed E-state index contributed by atoms with van der Waals surface area (Å²) in [6.45, 7) is 6.67. The van der Waals surface area contributed by atoms with Gasteiger partial charge in [0, 0.05) is 6.54 Å². The van der Waals surface area contributed by atoms with E-state index in [0.717, 1.165) is 17.7 Å². The molecule has 1 N–H and O–H groups in total. The smallest absolute Gasteiger partial charge is 0.411 e. The maximum Gasteiger partial charge on any atom is 0.411 e. The van der Waals surface area contributed by atoms with Crippen LogP contribution < -0.4 is 4.90 Å². The molecule has 0 aliphatic carbocycles. The van der Waals surface area contributed by atoms with Gasteiger partial charge < -0.3 is 5.11 Å².